The minimum Gasteiger partial charge on any atom is -0.384 e. The van der Waals surface area contributed by atoms with E-state index in [9.17, 15) is 13.6 Å². The van der Waals surface area contributed by atoms with Gasteiger partial charge in [0.1, 0.15) is 12.1 Å². The van der Waals surface area contributed by atoms with Gasteiger partial charge < -0.3 is 21.7 Å². The third-order valence-corrected chi connectivity index (χ3v) is 4.04. The van der Waals surface area contributed by atoms with E-state index < -0.39 is 12.2 Å². The van der Waals surface area contributed by atoms with Crippen molar-refractivity contribution in [2.45, 2.75) is 44.9 Å². The number of rotatable bonds is 11. The van der Waals surface area contributed by atoms with Gasteiger partial charge >= 0.3 is 0 Å². The Bertz CT molecular complexity index is 680. The Labute approximate surface area is 167 Å². The monoisotopic (exact) mass is 413 g/mol. The normalized spacial score (nSPS) is 19.6. The minimum absolute atomic E-state index is 0.315. The van der Waals surface area contributed by atoms with Gasteiger partial charge in [0, 0.05) is 30.7 Å². The average Bonchev–Trinajstić information content (AvgIpc) is 2.63. The molecule has 0 aromatic carbocycles. The van der Waals surface area contributed by atoms with Crippen LogP contribution >= 0.6 is 9.24 Å². The summed E-state index contributed by atoms with van der Waals surface area (Å²) < 4.78 is 26.0. The molecule has 0 aliphatic carbocycles. The lowest BCUT2D eigenvalue weighted by atomic mass is 10.1. The molecule has 3 atom stereocenters. The van der Waals surface area contributed by atoms with Crippen LogP contribution in [-0.4, -0.2) is 43.3 Å². The highest BCUT2D eigenvalue weighted by Crippen LogP contribution is 2.20. The van der Waals surface area contributed by atoms with Gasteiger partial charge in [-0.3, -0.25) is 9.79 Å². The molecule has 0 spiro atoms. The van der Waals surface area contributed by atoms with E-state index >= 15 is 0 Å². The van der Waals surface area contributed by atoms with Crippen molar-refractivity contribution in [2.24, 2.45) is 10.7 Å². The summed E-state index contributed by atoms with van der Waals surface area (Å²) in [6, 6.07) is -0.691. The van der Waals surface area contributed by atoms with E-state index in [4.69, 9.17) is 5.73 Å². The van der Waals surface area contributed by atoms with E-state index in [1.54, 1.807) is 25.4 Å². The lowest BCUT2D eigenvalue weighted by Crippen LogP contribution is -2.36. The summed E-state index contributed by atoms with van der Waals surface area (Å²) in [6.07, 6.45) is 10.0. The third kappa shape index (κ3) is 8.76. The molecule has 9 heteroatoms. The standard InChI is InChI=1S/C19H30F2N5OP/c1-4-6-24-18-16(17(22)5-7-25-18)10-26-14(3)15(8-13(2)11-27)9-23-12-19(20,21)28/h5,7-11,14,17,23-25H,4,6,12,22,28H2,1-3H3. The van der Waals surface area contributed by atoms with Crippen LogP contribution in [-0.2, 0) is 4.79 Å². The molecule has 0 aromatic rings. The number of halogens is 2. The Morgan fingerprint density at radius 3 is 2.86 bits per heavy atom. The first-order valence-corrected chi connectivity index (χ1v) is 9.69. The summed E-state index contributed by atoms with van der Waals surface area (Å²) in [4.78, 5) is 15.5. The van der Waals surface area contributed by atoms with Crippen molar-refractivity contribution in [3.63, 3.8) is 0 Å². The first-order chi connectivity index (χ1) is 13.2. The molecular formula is C19H30F2N5OP. The highest BCUT2D eigenvalue weighted by atomic mass is 31.0. The number of aliphatic imine (C=N–C) groups is 1. The topological polar surface area (TPSA) is 91.5 Å². The molecule has 5 N–H and O–H groups in total. The summed E-state index contributed by atoms with van der Waals surface area (Å²) in [5.74, 6) is 0.790. The zero-order chi connectivity index (χ0) is 21.2. The molecule has 28 heavy (non-hydrogen) atoms. The molecule has 0 saturated carbocycles. The Morgan fingerprint density at radius 1 is 1.54 bits per heavy atom. The van der Waals surface area contributed by atoms with Gasteiger partial charge in [-0.15, -0.1) is 0 Å². The Balaban J connectivity index is 3.03. The number of hydrogen-bond acceptors (Lipinski definition) is 6. The first-order valence-electron chi connectivity index (χ1n) is 9.11. The van der Waals surface area contributed by atoms with Crippen LogP contribution in [0.3, 0.4) is 0 Å². The Hall–Kier alpha value is -2.05. The first kappa shape index (κ1) is 24.0. The van der Waals surface area contributed by atoms with Crippen LogP contribution in [0.5, 0.6) is 0 Å². The molecule has 1 heterocycles. The summed E-state index contributed by atoms with van der Waals surface area (Å²) in [5, 5.41) is 8.98. The maximum Gasteiger partial charge on any atom is 0.275 e. The number of aldehydes is 1. The molecule has 0 amide bonds. The number of hydrogen-bond donors (Lipinski definition) is 4. The number of nitrogens with one attached hydrogen (secondary N) is 3. The number of dihydropyridines is 1. The van der Waals surface area contributed by atoms with Gasteiger partial charge in [-0.05, 0) is 43.6 Å². The van der Waals surface area contributed by atoms with Gasteiger partial charge in [-0.2, -0.15) is 0 Å². The zero-order valence-corrected chi connectivity index (χ0v) is 17.7. The molecule has 0 bridgehead atoms. The molecular weight excluding hydrogens is 383 g/mol. The predicted octanol–water partition coefficient (Wildman–Crippen LogP) is 2.19. The Kier molecular flexibility index (Phi) is 10.0. The van der Waals surface area contributed by atoms with Crippen LogP contribution in [0.4, 0.5) is 8.78 Å². The second-order valence-electron chi connectivity index (χ2n) is 6.53. The summed E-state index contributed by atoms with van der Waals surface area (Å²) in [6.45, 7) is 5.76. The quantitative estimate of drug-likeness (QED) is 0.137. The van der Waals surface area contributed by atoms with Gasteiger partial charge in [-0.1, -0.05) is 16.2 Å². The number of carbonyl (C=O) groups is 1. The van der Waals surface area contributed by atoms with E-state index in [2.05, 4.69) is 27.9 Å². The molecule has 0 radical (unpaired) electrons. The van der Waals surface area contributed by atoms with E-state index in [0.717, 1.165) is 24.4 Å². The van der Waals surface area contributed by atoms with Crippen molar-refractivity contribution >= 4 is 21.7 Å². The summed E-state index contributed by atoms with van der Waals surface area (Å²) in [7, 11) is 1.48. The van der Waals surface area contributed by atoms with E-state index in [1.807, 2.05) is 13.0 Å². The predicted molar refractivity (Wildman–Crippen MR) is 114 cm³/mol. The van der Waals surface area contributed by atoms with Crippen molar-refractivity contribution < 1.29 is 13.6 Å². The van der Waals surface area contributed by atoms with Crippen LogP contribution in [0, 0.1) is 0 Å². The summed E-state index contributed by atoms with van der Waals surface area (Å²) >= 11 is 0. The molecule has 156 valence electrons. The van der Waals surface area contributed by atoms with Gasteiger partial charge in [0.15, 0.2) is 0 Å². The van der Waals surface area contributed by atoms with E-state index in [-0.39, 0.29) is 12.1 Å². The van der Waals surface area contributed by atoms with Crippen LogP contribution in [0.1, 0.15) is 27.2 Å². The second-order valence-corrected chi connectivity index (χ2v) is 7.38. The molecule has 0 fully saturated rings. The van der Waals surface area contributed by atoms with Crippen molar-refractivity contribution in [1.82, 2.24) is 16.0 Å². The summed E-state index contributed by atoms with van der Waals surface area (Å²) in [5.41, 5.74) is 5.09. The van der Waals surface area contributed by atoms with Gasteiger partial charge in [0.05, 0.1) is 18.6 Å². The van der Waals surface area contributed by atoms with Crippen LogP contribution in [0.25, 0.3) is 0 Å². The van der Waals surface area contributed by atoms with Crippen molar-refractivity contribution in [3.05, 3.63) is 47.1 Å². The van der Waals surface area contributed by atoms with Crippen LogP contribution in [0.15, 0.2) is 52.1 Å². The smallest absolute Gasteiger partial charge is 0.275 e. The maximum absolute atomic E-state index is 13.0. The highest BCUT2D eigenvalue weighted by molar-refractivity contribution is 7.18. The lowest BCUT2D eigenvalue weighted by molar-refractivity contribution is -0.104. The van der Waals surface area contributed by atoms with E-state index in [1.165, 1.54) is 15.4 Å². The SMILES string of the molecule is CCCNC1=C(C=NC(C)C(C=C(C)C=O)=CNCC(F)(F)P)C(N)C=CN1. The van der Waals surface area contributed by atoms with Crippen LogP contribution in [0.2, 0.25) is 0 Å². The highest BCUT2D eigenvalue weighted by Gasteiger charge is 2.20. The van der Waals surface area contributed by atoms with Crippen molar-refractivity contribution in [1.29, 1.82) is 0 Å². The minimum atomic E-state index is -2.92. The largest absolute Gasteiger partial charge is 0.384 e. The number of nitrogens with two attached hydrogens (primary N) is 1. The average molecular weight is 413 g/mol. The molecule has 1 aliphatic rings. The molecule has 1 aliphatic heterocycles. The fourth-order valence-electron chi connectivity index (χ4n) is 2.31. The van der Waals surface area contributed by atoms with Gasteiger partial charge in [-0.25, -0.2) is 8.78 Å². The lowest BCUT2D eigenvalue weighted by Gasteiger charge is -2.21. The molecule has 0 aromatic heterocycles. The Morgan fingerprint density at radius 2 is 2.25 bits per heavy atom. The molecule has 3 unspecified atom stereocenters. The number of alkyl halides is 2. The fourth-order valence-corrected chi connectivity index (χ4v) is 2.42. The number of nitrogens with zero attached hydrogens (tertiary/aromatic N) is 1. The van der Waals surface area contributed by atoms with Gasteiger partial charge in [0.2, 0.25) is 0 Å². The molecule has 0 saturated heterocycles. The van der Waals surface area contributed by atoms with E-state index in [0.29, 0.717) is 17.4 Å². The molecule has 1 rings (SSSR count). The number of carbonyl (C=O) groups excluding carboxylic acids is 1. The maximum atomic E-state index is 13.0. The van der Waals surface area contributed by atoms with Crippen LogP contribution < -0.4 is 21.7 Å². The third-order valence-electron chi connectivity index (χ3n) is 3.84. The molecule has 6 nitrogen and oxygen atoms in total. The fraction of sp³-hybridized carbons (Fsp3) is 0.474. The second kappa shape index (κ2) is 11.7. The van der Waals surface area contributed by atoms with Crippen molar-refractivity contribution in [3.8, 4) is 0 Å². The number of allylic oxidation sites excluding steroid dienone is 1. The van der Waals surface area contributed by atoms with Gasteiger partial charge in [0.25, 0.3) is 5.66 Å². The van der Waals surface area contributed by atoms with Crippen molar-refractivity contribution in [2.75, 3.05) is 13.1 Å². The zero-order valence-electron chi connectivity index (χ0n) is 16.5.